The SMILES string of the molecule is CCN1CCC(NC(=O)[C@@H](N)C(C)C)CC1. The fourth-order valence-electron chi connectivity index (χ4n) is 1.99. The molecule has 0 unspecified atom stereocenters. The number of hydrogen-bond acceptors (Lipinski definition) is 3. The lowest BCUT2D eigenvalue weighted by Crippen LogP contribution is -2.51. The van der Waals surface area contributed by atoms with Crippen LogP contribution in [0.3, 0.4) is 0 Å². The van der Waals surface area contributed by atoms with E-state index in [-0.39, 0.29) is 17.9 Å². The summed E-state index contributed by atoms with van der Waals surface area (Å²) in [6.07, 6.45) is 2.09. The predicted octanol–water partition coefficient (Wildman–Crippen LogP) is 0.570. The standard InChI is InChI=1S/C12H25N3O/c1-4-15-7-5-10(6-8-15)14-12(16)11(13)9(2)3/h9-11H,4-8,13H2,1-3H3,(H,14,16)/t11-/m0/s1. The van der Waals surface area contributed by atoms with Crippen molar-refractivity contribution in [3.63, 3.8) is 0 Å². The summed E-state index contributed by atoms with van der Waals surface area (Å²) in [5.41, 5.74) is 5.81. The van der Waals surface area contributed by atoms with Gasteiger partial charge in [-0.25, -0.2) is 0 Å². The number of piperidine rings is 1. The van der Waals surface area contributed by atoms with E-state index >= 15 is 0 Å². The Morgan fingerprint density at radius 1 is 1.44 bits per heavy atom. The van der Waals surface area contributed by atoms with Crippen molar-refractivity contribution in [1.82, 2.24) is 10.2 Å². The van der Waals surface area contributed by atoms with E-state index in [1.54, 1.807) is 0 Å². The van der Waals surface area contributed by atoms with Crippen molar-refractivity contribution in [3.05, 3.63) is 0 Å². The minimum atomic E-state index is -0.371. The van der Waals surface area contributed by atoms with E-state index < -0.39 is 0 Å². The maximum absolute atomic E-state index is 11.8. The smallest absolute Gasteiger partial charge is 0.237 e. The Labute approximate surface area is 98.6 Å². The zero-order chi connectivity index (χ0) is 12.1. The molecule has 0 radical (unpaired) electrons. The van der Waals surface area contributed by atoms with Gasteiger partial charge in [-0.1, -0.05) is 20.8 Å². The molecule has 0 aromatic carbocycles. The largest absolute Gasteiger partial charge is 0.352 e. The summed E-state index contributed by atoms with van der Waals surface area (Å²) in [7, 11) is 0. The first-order valence-corrected chi connectivity index (χ1v) is 6.33. The van der Waals surface area contributed by atoms with Crippen LogP contribution in [-0.4, -0.2) is 42.5 Å². The summed E-state index contributed by atoms with van der Waals surface area (Å²) in [4.78, 5) is 14.2. The summed E-state index contributed by atoms with van der Waals surface area (Å²) in [5, 5.41) is 3.05. The molecule has 0 aromatic heterocycles. The summed E-state index contributed by atoms with van der Waals surface area (Å²) < 4.78 is 0. The predicted molar refractivity (Wildman–Crippen MR) is 66.1 cm³/mol. The molecule has 1 atom stereocenters. The Balaban J connectivity index is 2.31. The van der Waals surface area contributed by atoms with Crippen LogP contribution < -0.4 is 11.1 Å². The number of hydrogen-bond donors (Lipinski definition) is 2. The lowest BCUT2D eigenvalue weighted by Gasteiger charge is -2.32. The van der Waals surface area contributed by atoms with Gasteiger partial charge in [0.05, 0.1) is 6.04 Å². The van der Waals surface area contributed by atoms with Crippen molar-refractivity contribution in [2.45, 2.75) is 45.7 Å². The molecule has 1 rings (SSSR count). The van der Waals surface area contributed by atoms with Crippen molar-refractivity contribution in [3.8, 4) is 0 Å². The third kappa shape index (κ3) is 3.76. The van der Waals surface area contributed by atoms with Gasteiger partial charge in [-0.15, -0.1) is 0 Å². The Bertz CT molecular complexity index is 222. The van der Waals surface area contributed by atoms with Crippen LogP contribution in [0.4, 0.5) is 0 Å². The highest BCUT2D eigenvalue weighted by Crippen LogP contribution is 2.10. The second kappa shape index (κ2) is 6.21. The maximum Gasteiger partial charge on any atom is 0.237 e. The first kappa shape index (κ1) is 13.5. The molecule has 1 fully saturated rings. The maximum atomic E-state index is 11.8. The van der Waals surface area contributed by atoms with Crippen LogP contribution in [0, 0.1) is 5.92 Å². The Morgan fingerprint density at radius 3 is 2.44 bits per heavy atom. The molecule has 1 amide bonds. The molecule has 0 aromatic rings. The van der Waals surface area contributed by atoms with Crippen molar-refractivity contribution < 1.29 is 4.79 Å². The van der Waals surface area contributed by atoms with Crippen LogP contribution in [0.15, 0.2) is 0 Å². The van der Waals surface area contributed by atoms with Crippen molar-refractivity contribution in [2.75, 3.05) is 19.6 Å². The molecule has 1 saturated heterocycles. The number of nitrogens with zero attached hydrogens (tertiary/aromatic N) is 1. The molecule has 1 aliphatic heterocycles. The number of carbonyl (C=O) groups excluding carboxylic acids is 1. The minimum Gasteiger partial charge on any atom is -0.352 e. The Morgan fingerprint density at radius 2 is 2.00 bits per heavy atom. The summed E-state index contributed by atoms with van der Waals surface area (Å²) >= 11 is 0. The number of carbonyl (C=O) groups is 1. The van der Waals surface area contributed by atoms with Gasteiger partial charge in [0.2, 0.25) is 5.91 Å². The topological polar surface area (TPSA) is 58.4 Å². The highest BCUT2D eigenvalue weighted by molar-refractivity contribution is 5.82. The lowest BCUT2D eigenvalue weighted by molar-refractivity contribution is -0.124. The zero-order valence-electron chi connectivity index (χ0n) is 10.7. The number of nitrogens with one attached hydrogen (secondary N) is 1. The molecule has 94 valence electrons. The Hall–Kier alpha value is -0.610. The highest BCUT2D eigenvalue weighted by Gasteiger charge is 2.23. The number of rotatable bonds is 4. The van der Waals surface area contributed by atoms with Crippen LogP contribution in [0.5, 0.6) is 0 Å². The zero-order valence-corrected chi connectivity index (χ0v) is 10.7. The first-order valence-electron chi connectivity index (χ1n) is 6.33. The van der Waals surface area contributed by atoms with Gasteiger partial charge in [-0.2, -0.15) is 0 Å². The molecule has 0 bridgehead atoms. The average Bonchev–Trinajstić information content (AvgIpc) is 2.28. The molecule has 4 heteroatoms. The molecule has 0 saturated carbocycles. The van der Waals surface area contributed by atoms with Gasteiger partial charge in [-0.05, 0) is 25.3 Å². The van der Waals surface area contributed by atoms with Gasteiger partial charge in [-0.3, -0.25) is 4.79 Å². The molecule has 16 heavy (non-hydrogen) atoms. The average molecular weight is 227 g/mol. The summed E-state index contributed by atoms with van der Waals surface area (Å²) in [5.74, 6) is 0.209. The summed E-state index contributed by atoms with van der Waals surface area (Å²) in [6, 6.07) is -0.0516. The van der Waals surface area contributed by atoms with E-state index in [4.69, 9.17) is 5.73 Å². The lowest BCUT2D eigenvalue weighted by atomic mass is 10.0. The molecule has 4 nitrogen and oxygen atoms in total. The van der Waals surface area contributed by atoms with Gasteiger partial charge < -0.3 is 16.0 Å². The third-order valence-electron chi connectivity index (χ3n) is 3.40. The summed E-state index contributed by atoms with van der Waals surface area (Å²) in [6.45, 7) is 9.39. The minimum absolute atomic E-state index is 0.00458. The van der Waals surface area contributed by atoms with Crippen molar-refractivity contribution in [2.24, 2.45) is 11.7 Å². The molecule has 1 aliphatic rings. The normalized spacial score (nSPS) is 21.1. The molecule has 3 N–H and O–H groups in total. The van der Waals surface area contributed by atoms with E-state index in [9.17, 15) is 4.79 Å². The highest BCUT2D eigenvalue weighted by atomic mass is 16.2. The number of likely N-dealkylation sites (tertiary alicyclic amines) is 1. The van der Waals surface area contributed by atoms with Crippen molar-refractivity contribution in [1.29, 1.82) is 0 Å². The first-order chi connectivity index (χ1) is 7.54. The van der Waals surface area contributed by atoms with Crippen LogP contribution in [-0.2, 0) is 4.79 Å². The molecule has 1 heterocycles. The van der Waals surface area contributed by atoms with E-state index in [1.807, 2.05) is 13.8 Å². The van der Waals surface area contributed by atoms with Gasteiger partial charge >= 0.3 is 0 Å². The second-order valence-electron chi connectivity index (χ2n) is 4.99. The fraction of sp³-hybridized carbons (Fsp3) is 0.917. The van der Waals surface area contributed by atoms with Gasteiger partial charge in [0, 0.05) is 19.1 Å². The monoisotopic (exact) mass is 227 g/mol. The van der Waals surface area contributed by atoms with Crippen LogP contribution >= 0.6 is 0 Å². The number of amides is 1. The molecule has 0 spiro atoms. The quantitative estimate of drug-likeness (QED) is 0.738. The fourth-order valence-corrected chi connectivity index (χ4v) is 1.99. The van der Waals surface area contributed by atoms with Gasteiger partial charge in [0.15, 0.2) is 0 Å². The second-order valence-corrected chi connectivity index (χ2v) is 4.99. The third-order valence-corrected chi connectivity index (χ3v) is 3.40. The van der Waals surface area contributed by atoms with E-state index in [1.165, 1.54) is 0 Å². The van der Waals surface area contributed by atoms with E-state index in [2.05, 4.69) is 17.1 Å². The van der Waals surface area contributed by atoms with Crippen LogP contribution in [0.2, 0.25) is 0 Å². The van der Waals surface area contributed by atoms with E-state index in [0.29, 0.717) is 6.04 Å². The van der Waals surface area contributed by atoms with Gasteiger partial charge in [0.25, 0.3) is 0 Å². The van der Waals surface area contributed by atoms with Crippen molar-refractivity contribution >= 4 is 5.91 Å². The molecular formula is C12H25N3O. The Kier molecular flexibility index (Phi) is 5.22. The molecule has 0 aliphatic carbocycles. The van der Waals surface area contributed by atoms with Crippen LogP contribution in [0.1, 0.15) is 33.6 Å². The number of nitrogens with two attached hydrogens (primary N) is 1. The molecular weight excluding hydrogens is 202 g/mol. The van der Waals surface area contributed by atoms with E-state index in [0.717, 1.165) is 32.5 Å². The van der Waals surface area contributed by atoms with Crippen LogP contribution in [0.25, 0.3) is 0 Å². The van der Waals surface area contributed by atoms with Gasteiger partial charge in [0.1, 0.15) is 0 Å².